The molecule has 3 rings (SSSR count). The summed E-state index contributed by atoms with van der Waals surface area (Å²) in [5.41, 5.74) is 0. The van der Waals surface area contributed by atoms with Gasteiger partial charge in [-0.2, -0.15) is 0 Å². The minimum absolute atomic E-state index is 0.199. The van der Waals surface area contributed by atoms with Crippen LogP contribution in [-0.4, -0.2) is 42.9 Å². The average Bonchev–Trinajstić information content (AvgIpc) is 2.04. The molecule has 0 saturated carbocycles. The summed E-state index contributed by atoms with van der Waals surface area (Å²) in [7, 11) is 0. The second-order valence-corrected chi connectivity index (χ2v) is 3.22. The number of piperidine rings is 1. The number of ether oxygens (including phenoxy) is 2. The number of carbonyl (C=O) groups excluding carboxylic acids is 1. The van der Waals surface area contributed by atoms with Crippen LogP contribution < -0.4 is 0 Å². The van der Waals surface area contributed by atoms with Crippen LogP contribution in [0.25, 0.3) is 0 Å². The molecule has 2 unspecified atom stereocenters. The molecule has 3 heterocycles. The van der Waals surface area contributed by atoms with Crippen LogP contribution in [0.15, 0.2) is 0 Å². The number of rotatable bonds is 1. The van der Waals surface area contributed by atoms with Crippen molar-refractivity contribution in [2.75, 3.05) is 19.7 Å². The fourth-order valence-corrected chi connectivity index (χ4v) is 1.72. The van der Waals surface area contributed by atoms with Crippen LogP contribution in [0.4, 0.5) is 4.79 Å². The van der Waals surface area contributed by atoms with Gasteiger partial charge in [0.15, 0.2) is 0 Å². The Kier molecular flexibility index (Phi) is 1.92. The lowest BCUT2D eigenvalue weighted by molar-refractivity contribution is -0.174. The first kappa shape index (κ1) is 7.86. The second-order valence-electron chi connectivity index (χ2n) is 3.22. The molecule has 0 radical (unpaired) electrons. The zero-order valence-electron chi connectivity index (χ0n) is 7.16. The summed E-state index contributed by atoms with van der Waals surface area (Å²) < 4.78 is 10.3. The molecule has 4 heteroatoms. The van der Waals surface area contributed by atoms with E-state index in [4.69, 9.17) is 9.47 Å². The highest BCUT2D eigenvalue weighted by atomic mass is 16.6. The Labute approximate surface area is 71.4 Å². The van der Waals surface area contributed by atoms with E-state index in [0.29, 0.717) is 19.7 Å². The Morgan fingerprint density at radius 1 is 1.58 bits per heavy atom. The number of amides is 1. The van der Waals surface area contributed by atoms with Gasteiger partial charge >= 0.3 is 6.09 Å². The smallest absolute Gasteiger partial charge is 0.409 e. The van der Waals surface area contributed by atoms with E-state index in [2.05, 4.69) is 0 Å². The molecule has 0 aromatic rings. The van der Waals surface area contributed by atoms with Crippen LogP contribution in [0.1, 0.15) is 13.3 Å². The first-order valence-corrected chi connectivity index (χ1v) is 4.36. The van der Waals surface area contributed by atoms with Gasteiger partial charge in [-0.15, -0.1) is 0 Å². The number of hydrogen-bond acceptors (Lipinski definition) is 3. The van der Waals surface area contributed by atoms with Gasteiger partial charge in [-0.3, -0.25) is 0 Å². The minimum Gasteiger partial charge on any atom is -0.450 e. The first-order chi connectivity index (χ1) is 5.79. The summed E-state index contributed by atoms with van der Waals surface area (Å²) in [6.45, 7) is 3.68. The second kappa shape index (κ2) is 2.94. The Balaban J connectivity index is 1.85. The molecule has 0 aromatic heterocycles. The SMILES string of the molecule is CCOC(=O)N1CC2CC(C1)O2. The highest BCUT2D eigenvalue weighted by molar-refractivity contribution is 5.68. The molecular formula is C8H13NO3. The lowest BCUT2D eigenvalue weighted by Gasteiger charge is -2.46. The van der Waals surface area contributed by atoms with E-state index >= 15 is 0 Å². The molecule has 0 aromatic carbocycles. The molecule has 2 bridgehead atoms. The van der Waals surface area contributed by atoms with Crippen molar-refractivity contribution in [1.29, 1.82) is 0 Å². The topological polar surface area (TPSA) is 38.8 Å². The van der Waals surface area contributed by atoms with Crippen LogP contribution in [0.3, 0.4) is 0 Å². The lowest BCUT2D eigenvalue weighted by Crippen LogP contribution is -2.58. The van der Waals surface area contributed by atoms with Gasteiger partial charge in [0, 0.05) is 6.42 Å². The van der Waals surface area contributed by atoms with Crippen molar-refractivity contribution in [2.45, 2.75) is 25.6 Å². The van der Waals surface area contributed by atoms with E-state index in [9.17, 15) is 4.79 Å². The molecule has 3 aliphatic heterocycles. The van der Waals surface area contributed by atoms with Crippen molar-refractivity contribution in [3.8, 4) is 0 Å². The summed E-state index contributed by atoms with van der Waals surface area (Å²) in [6.07, 6.45) is 1.45. The Morgan fingerprint density at radius 3 is 2.67 bits per heavy atom. The molecule has 3 fully saturated rings. The van der Waals surface area contributed by atoms with E-state index in [-0.39, 0.29) is 18.3 Å². The molecular weight excluding hydrogens is 158 g/mol. The normalized spacial score (nSPS) is 32.6. The van der Waals surface area contributed by atoms with Gasteiger partial charge in [0.25, 0.3) is 0 Å². The average molecular weight is 171 g/mol. The number of fused-ring (bicyclic) bond motifs is 2. The van der Waals surface area contributed by atoms with Gasteiger partial charge in [-0.25, -0.2) is 4.79 Å². The van der Waals surface area contributed by atoms with Crippen molar-refractivity contribution in [2.24, 2.45) is 0 Å². The van der Waals surface area contributed by atoms with Crippen molar-refractivity contribution in [3.05, 3.63) is 0 Å². The van der Waals surface area contributed by atoms with Crippen molar-refractivity contribution >= 4 is 6.09 Å². The number of nitrogens with zero attached hydrogens (tertiary/aromatic N) is 1. The molecule has 12 heavy (non-hydrogen) atoms. The Bertz CT molecular complexity index is 179. The number of carbonyl (C=O) groups is 1. The summed E-state index contributed by atoms with van der Waals surface area (Å²) in [5.74, 6) is 0. The fourth-order valence-electron chi connectivity index (χ4n) is 1.72. The molecule has 0 spiro atoms. The van der Waals surface area contributed by atoms with Crippen LogP contribution in [0, 0.1) is 0 Å². The predicted molar refractivity (Wildman–Crippen MR) is 41.9 cm³/mol. The molecule has 0 N–H and O–H groups in total. The van der Waals surface area contributed by atoms with E-state index < -0.39 is 0 Å². The summed E-state index contributed by atoms with van der Waals surface area (Å²) in [4.78, 5) is 12.9. The third-order valence-corrected chi connectivity index (χ3v) is 2.28. The van der Waals surface area contributed by atoms with E-state index in [1.807, 2.05) is 6.92 Å². The summed E-state index contributed by atoms with van der Waals surface area (Å²) in [5, 5.41) is 0. The van der Waals surface area contributed by atoms with E-state index in [1.54, 1.807) is 4.90 Å². The molecule has 3 aliphatic rings. The Morgan fingerprint density at radius 2 is 2.17 bits per heavy atom. The molecule has 2 atom stereocenters. The van der Waals surface area contributed by atoms with Crippen molar-refractivity contribution in [1.82, 2.24) is 4.90 Å². The largest absolute Gasteiger partial charge is 0.450 e. The number of morpholine rings is 1. The number of hydrogen-bond donors (Lipinski definition) is 0. The van der Waals surface area contributed by atoms with Gasteiger partial charge in [-0.05, 0) is 6.92 Å². The quantitative estimate of drug-likeness (QED) is 0.580. The molecule has 3 saturated heterocycles. The fraction of sp³-hybridized carbons (Fsp3) is 0.875. The maximum Gasteiger partial charge on any atom is 0.409 e. The monoisotopic (exact) mass is 171 g/mol. The molecule has 4 nitrogen and oxygen atoms in total. The van der Waals surface area contributed by atoms with Crippen LogP contribution in [-0.2, 0) is 9.47 Å². The molecule has 1 amide bonds. The lowest BCUT2D eigenvalue weighted by atomic mass is 9.99. The molecule has 0 aliphatic carbocycles. The van der Waals surface area contributed by atoms with Crippen LogP contribution in [0.5, 0.6) is 0 Å². The van der Waals surface area contributed by atoms with Gasteiger partial charge in [0.1, 0.15) is 0 Å². The predicted octanol–water partition coefficient (Wildman–Crippen LogP) is 0.616. The minimum atomic E-state index is -0.199. The van der Waals surface area contributed by atoms with Gasteiger partial charge < -0.3 is 14.4 Å². The van der Waals surface area contributed by atoms with E-state index in [0.717, 1.165) is 6.42 Å². The van der Waals surface area contributed by atoms with Gasteiger partial charge in [0.05, 0.1) is 31.9 Å². The van der Waals surface area contributed by atoms with Crippen molar-refractivity contribution in [3.63, 3.8) is 0 Å². The van der Waals surface area contributed by atoms with E-state index in [1.165, 1.54) is 0 Å². The third kappa shape index (κ3) is 1.27. The summed E-state index contributed by atoms with van der Waals surface area (Å²) in [6, 6.07) is 0. The zero-order valence-corrected chi connectivity index (χ0v) is 7.16. The summed E-state index contributed by atoms with van der Waals surface area (Å²) >= 11 is 0. The van der Waals surface area contributed by atoms with Crippen molar-refractivity contribution < 1.29 is 14.3 Å². The third-order valence-electron chi connectivity index (χ3n) is 2.28. The van der Waals surface area contributed by atoms with Gasteiger partial charge in [0.2, 0.25) is 0 Å². The maximum absolute atomic E-state index is 11.2. The van der Waals surface area contributed by atoms with Gasteiger partial charge in [-0.1, -0.05) is 0 Å². The van der Waals surface area contributed by atoms with Crippen LogP contribution in [0.2, 0.25) is 0 Å². The first-order valence-electron chi connectivity index (χ1n) is 4.36. The Hall–Kier alpha value is -0.770. The maximum atomic E-state index is 11.2. The highest BCUT2D eigenvalue weighted by Gasteiger charge is 2.40. The van der Waals surface area contributed by atoms with Crippen LogP contribution >= 0.6 is 0 Å². The molecule has 68 valence electrons. The zero-order chi connectivity index (χ0) is 8.55. The highest BCUT2D eigenvalue weighted by Crippen LogP contribution is 2.27. The standard InChI is InChI=1S/C8H13NO3/c1-2-11-8(10)9-4-6-3-7(5-9)12-6/h6-7H,2-5H2,1H3.